The fourth-order valence-electron chi connectivity index (χ4n) is 6.57. The minimum Gasteiger partial charge on any atom is -0.427 e. The highest BCUT2D eigenvalue weighted by atomic mass is 35.5. The number of fused-ring (bicyclic) bond motifs is 1. The van der Waals surface area contributed by atoms with Gasteiger partial charge in [-0.2, -0.15) is 0 Å². The van der Waals surface area contributed by atoms with E-state index in [0.717, 1.165) is 49.5 Å². The monoisotopic (exact) mass is 558 g/mol. The van der Waals surface area contributed by atoms with Crippen LogP contribution in [0.2, 0.25) is 10.0 Å². The molecule has 1 heterocycles. The first-order chi connectivity index (χ1) is 18.1. The second-order valence-corrected chi connectivity index (χ2v) is 12.2. The number of hydrogen-bond acceptors (Lipinski definition) is 5. The summed E-state index contributed by atoms with van der Waals surface area (Å²) in [6, 6.07) is 12.9. The van der Waals surface area contributed by atoms with Crippen LogP contribution in [0.15, 0.2) is 42.5 Å². The number of nitrogens with zero attached hydrogens (tertiary/aromatic N) is 2. The lowest BCUT2D eigenvalue weighted by Crippen LogP contribution is -2.61. The zero-order valence-electron chi connectivity index (χ0n) is 22.0. The molecule has 0 aromatic heterocycles. The maximum atomic E-state index is 13.4. The molecule has 4 atom stereocenters. The van der Waals surface area contributed by atoms with E-state index in [1.54, 1.807) is 23.1 Å². The number of rotatable bonds is 7. The van der Waals surface area contributed by atoms with Gasteiger partial charge in [0.1, 0.15) is 5.75 Å². The Morgan fingerprint density at radius 2 is 1.95 bits per heavy atom. The summed E-state index contributed by atoms with van der Waals surface area (Å²) in [4.78, 5) is 29.4. The normalized spacial score (nSPS) is 27.4. The van der Waals surface area contributed by atoms with Gasteiger partial charge in [0, 0.05) is 44.4 Å². The molecule has 2 aromatic carbocycles. The third kappa shape index (κ3) is 5.89. The minimum absolute atomic E-state index is 0.0194. The Labute approximate surface area is 234 Å². The first-order valence-corrected chi connectivity index (χ1v) is 14.3. The van der Waals surface area contributed by atoms with E-state index < -0.39 is 6.10 Å². The number of halogens is 2. The maximum absolute atomic E-state index is 13.4. The number of aliphatic hydroxyl groups is 1. The molecule has 1 unspecified atom stereocenters. The van der Waals surface area contributed by atoms with E-state index in [9.17, 15) is 14.7 Å². The average molecular weight is 560 g/mol. The van der Waals surface area contributed by atoms with Crippen LogP contribution >= 0.6 is 23.2 Å². The van der Waals surface area contributed by atoms with Crippen LogP contribution in [0.4, 0.5) is 0 Å². The lowest BCUT2D eigenvalue weighted by molar-refractivity contribution is -0.136. The second-order valence-electron chi connectivity index (χ2n) is 11.4. The van der Waals surface area contributed by atoms with Crippen molar-refractivity contribution in [2.45, 2.75) is 63.0 Å². The van der Waals surface area contributed by atoms with Crippen LogP contribution in [-0.2, 0) is 21.4 Å². The predicted molar refractivity (Wildman–Crippen MR) is 149 cm³/mol. The van der Waals surface area contributed by atoms with Crippen LogP contribution in [0.5, 0.6) is 5.75 Å². The molecule has 1 amide bonds. The van der Waals surface area contributed by atoms with Gasteiger partial charge in [-0.25, -0.2) is 0 Å². The van der Waals surface area contributed by atoms with E-state index in [0.29, 0.717) is 22.2 Å². The number of piperidine rings is 1. The van der Waals surface area contributed by atoms with Crippen LogP contribution in [-0.4, -0.2) is 65.6 Å². The van der Waals surface area contributed by atoms with Crippen LogP contribution in [0.25, 0.3) is 0 Å². The van der Waals surface area contributed by atoms with Gasteiger partial charge in [-0.3, -0.25) is 9.59 Å². The second kappa shape index (κ2) is 11.2. The molecule has 6 nitrogen and oxygen atoms in total. The lowest BCUT2D eigenvalue weighted by atomic mass is 9.56. The third-order valence-electron chi connectivity index (χ3n) is 8.78. The van der Waals surface area contributed by atoms with Gasteiger partial charge < -0.3 is 19.6 Å². The molecule has 2 aliphatic carbocycles. The molecule has 0 spiro atoms. The first-order valence-electron chi connectivity index (χ1n) is 13.5. The zero-order valence-corrected chi connectivity index (χ0v) is 23.5. The fourth-order valence-corrected chi connectivity index (χ4v) is 6.89. The number of ether oxygens (including phenoxy) is 1. The summed E-state index contributed by atoms with van der Waals surface area (Å²) in [5.41, 5.74) is 1.56. The Morgan fingerprint density at radius 3 is 2.66 bits per heavy atom. The average Bonchev–Trinajstić information content (AvgIpc) is 3.70. The van der Waals surface area contributed by atoms with Gasteiger partial charge >= 0.3 is 5.97 Å². The van der Waals surface area contributed by atoms with Crippen LogP contribution in [0.3, 0.4) is 0 Å². The summed E-state index contributed by atoms with van der Waals surface area (Å²) in [5, 5.41) is 12.5. The van der Waals surface area contributed by atoms with E-state index in [-0.39, 0.29) is 35.7 Å². The van der Waals surface area contributed by atoms with Gasteiger partial charge in [0.15, 0.2) is 0 Å². The molecule has 1 N–H and O–H groups in total. The molecule has 3 aliphatic rings. The van der Waals surface area contributed by atoms with Crippen molar-refractivity contribution in [3.63, 3.8) is 0 Å². The Balaban J connectivity index is 1.41. The highest BCUT2D eigenvalue weighted by Gasteiger charge is 2.53. The number of esters is 1. The Bertz CT molecular complexity index is 1200. The number of carbonyl (C=O) groups is 2. The van der Waals surface area contributed by atoms with Crippen molar-refractivity contribution >= 4 is 35.1 Å². The summed E-state index contributed by atoms with van der Waals surface area (Å²) in [6.45, 7) is 4.28. The Morgan fingerprint density at radius 1 is 1.16 bits per heavy atom. The SMILES string of the molecule is CC(=O)Oc1cccc([C@@]23CCN(CC4CC4)C[C@H]2C(O)C[C@H](N(C)C(=O)Cc2ccc(Cl)c(Cl)c2)C3)c1. The summed E-state index contributed by atoms with van der Waals surface area (Å²) in [6.07, 6.45) is 4.44. The van der Waals surface area contributed by atoms with Crippen LogP contribution < -0.4 is 4.74 Å². The van der Waals surface area contributed by atoms with Crippen molar-refractivity contribution in [2.24, 2.45) is 11.8 Å². The maximum Gasteiger partial charge on any atom is 0.308 e. The van der Waals surface area contributed by atoms with E-state index in [1.165, 1.54) is 19.8 Å². The van der Waals surface area contributed by atoms with Crippen molar-refractivity contribution in [3.8, 4) is 5.75 Å². The smallest absolute Gasteiger partial charge is 0.308 e. The number of benzene rings is 2. The van der Waals surface area contributed by atoms with Crippen LogP contribution in [0.1, 0.15) is 50.2 Å². The van der Waals surface area contributed by atoms with Crippen molar-refractivity contribution in [3.05, 3.63) is 63.6 Å². The number of carbonyl (C=O) groups excluding carboxylic acids is 2. The molecule has 1 saturated heterocycles. The molecule has 8 heteroatoms. The van der Waals surface area contributed by atoms with E-state index in [2.05, 4.69) is 11.0 Å². The summed E-state index contributed by atoms with van der Waals surface area (Å²) < 4.78 is 5.43. The molecule has 0 bridgehead atoms. The van der Waals surface area contributed by atoms with E-state index in [1.807, 2.05) is 25.2 Å². The quantitative estimate of drug-likeness (QED) is 0.377. The molecule has 2 saturated carbocycles. The number of likely N-dealkylation sites (N-methyl/N-ethyl adjacent to an activating group) is 1. The van der Waals surface area contributed by atoms with E-state index >= 15 is 0 Å². The topological polar surface area (TPSA) is 70.1 Å². The fraction of sp³-hybridized carbons (Fsp3) is 0.533. The molecular weight excluding hydrogens is 523 g/mol. The van der Waals surface area contributed by atoms with Gasteiger partial charge in [-0.1, -0.05) is 41.4 Å². The zero-order chi connectivity index (χ0) is 27.0. The highest BCUT2D eigenvalue weighted by Crippen LogP contribution is 2.51. The Kier molecular flexibility index (Phi) is 8.07. The number of amides is 1. The van der Waals surface area contributed by atoms with Crippen LogP contribution in [0, 0.1) is 11.8 Å². The number of aliphatic hydroxyl groups excluding tert-OH is 1. The first kappa shape index (κ1) is 27.4. The number of hydrogen-bond donors (Lipinski definition) is 1. The molecule has 38 heavy (non-hydrogen) atoms. The predicted octanol–water partition coefficient (Wildman–Crippen LogP) is 5.11. The van der Waals surface area contributed by atoms with Gasteiger partial charge in [0.25, 0.3) is 0 Å². The van der Waals surface area contributed by atoms with Crippen molar-refractivity contribution in [2.75, 3.05) is 26.7 Å². The molecule has 5 rings (SSSR count). The Hall–Kier alpha value is -2.12. The van der Waals surface area contributed by atoms with Crippen molar-refractivity contribution in [1.82, 2.24) is 9.80 Å². The molecule has 3 fully saturated rings. The molecular formula is C30H36Cl2N2O4. The largest absolute Gasteiger partial charge is 0.427 e. The van der Waals surface area contributed by atoms with Crippen molar-refractivity contribution < 1.29 is 19.4 Å². The standard InChI is InChI=1S/C30H36Cl2N2O4/c1-19(35)38-24-5-3-4-22(14-24)30-10-11-34(17-20-6-7-20)18-25(30)28(36)15-23(16-30)33(2)29(37)13-21-8-9-26(31)27(32)12-21/h3-5,8-9,12,14,20,23,25,28,36H,6-7,10-11,13,15-18H2,1-2H3/t23-,25-,28?,30-/m0/s1. The summed E-state index contributed by atoms with van der Waals surface area (Å²) in [7, 11) is 1.84. The van der Waals surface area contributed by atoms with Crippen molar-refractivity contribution in [1.29, 1.82) is 0 Å². The molecule has 1 aliphatic heterocycles. The summed E-state index contributed by atoms with van der Waals surface area (Å²) in [5.74, 6) is 0.966. The van der Waals surface area contributed by atoms with E-state index in [4.69, 9.17) is 27.9 Å². The molecule has 0 radical (unpaired) electrons. The molecule has 2 aromatic rings. The minimum atomic E-state index is -0.548. The van der Waals surface area contributed by atoms with Gasteiger partial charge in [-0.15, -0.1) is 0 Å². The van der Waals surface area contributed by atoms with Gasteiger partial charge in [0.05, 0.1) is 22.6 Å². The third-order valence-corrected chi connectivity index (χ3v) is 9.52. The lowest BCUT2D eigenvalue weighted by Gasteiger charge is -2.56. The highest BCUT2D eigenvalue weighted by molar-refractivity contribution is 6.42. The van der Waals surface area contributed by atoms with Gasteiger partial charge in [-0.05, 0) is 80.0 Å². The number of likely N-dealkylation sites (tertiary alicyclic amines) is 1. The molecule has 204 valence electrons. The van der Waals surface area contributed by atoms with Gasteiger partial charge in [0.2, 0.25) is 5.91 Å². The summed E-state index contributed by atoms with van der Waals surface area (Å²) >= 11 is 12.2.